The van der Waals surface area contributed by atoms with Crippen LogP contribution < -0.4 is 5.32 Å². The Labute approximate surface area is 155 Å². The van der Waals surface area contributed by atoms with Gasteiger partial charge in [-0.2, -0.15) is 0 Å². The Morgan fingerprint density at radius 2 is 1.73 bits per heavy atom. The van der Waals surface area contributed by atoms with Crippen LogP contribution in [0.25, 0.3) is 10.6 Å². The molecule has 132 valence electrons. The topological polar surface area (TPSA) is 68.3 Å². The van der Waals surface area contributed by atoms with Crippen molar-refractivity contribution >= 4 is 23.2 Å². The second-order valence-corrected chi connectivity index (χ2v) is 6.48. The summed E-state index contributed by atoms with van der Waals surface area (Å²) in [6.45, 7) is 0. The molecule has 0 radical (unpaired) electrons. The number of ether oxygens (including phenoxy) is 1. The van der Waals surface area contributed by atoms with Crippen molar-refractivity contribution in [1.29, 1.82) is 0 Å². The summed E-state index contributed by atoms with van der Waals surface area (Å²) in [6, 6.07) is 18.6. The van der Waals surface area contributed by atoms with Crippen molar-refractivity contribution in [2.45, 2.75) is 12.5 Å². The largest absolute Gasteiger partial charge is 0.469 e. The molecule has 1 N–H and O–H groups in total. The molecule has 1 heterocycles. The number of esters is 1. The van der Waals surface area contributed by atoms with Gasteiger partial charge in [0.2, 0.25) is 0 Å². The van der Waals surface area contributed by atoms with Gasteiger partial charge in [0.15, 0.2) is 0 Å². The van der Waals surface area contributed by atoms with E-state index < -0.39 is 6.04 Å². The van der Waals surface area contributed by atoms with Crippen molar-refractivity contribution in [3.05, 3.63) is 77.3 Å². The first-order valence-corrected chi connectivity index (χ1v) is 8.99. The maximum absolute atomic E-state index is 12.6. The van der Waals surface area contributed by atoms with E-state index in [4.69, 9.17) is 4.74 Å². The maximum atomic E-state index is 12.6. The summed E-state index contributed by atoms with van der Waals surface area (Å²) in [4.78, 5) is 28.8. The lowest BCUT2D eigenvalue weighted by Crippen LogP contribution is -2.30. The number of amides is 1. The molecule has 0 aliphatic heterocycles. The second-order valence-electron chi connectivity index (χ2n) is 5.62. The van der Waals surface area contributed by atoms with Gasteiger partial charge in [0.1, 0.15) is 10.7 Å². The number of nitrogens with one attached hydrogen (secondary N) is 1. The first-order valence-electron chi connectivity index (χ1n) is 8.11. The Balaban J connectivity index is 1.77. The van der Waals surface area contributed by atoms with Crippen LogP contribution in [0.3, 0.4) is 0 Å². The predicted octanol–water partition coefficient (Wildman–Crippen LogP) is 3.84. The summed E-state index contributed by atoms with van der Waals surface area (Å²) < 4.78 is 4.75. The van der Waals surface area contributed by atoms with Crippen molar-refractivity contribution in [3.8, 4) is 10.6 Å². The zero-order chi connectivity index (χ0) is 18.4. The van der Waals surface area contributed by atoms with Gasteiger partial charge in [-0.25, -0.2) is 4.98 Å². The highest BCUT2D eigenvalue weighted by molar-refractivity contribution is 7.13. The molecule has 1 unspecified atom stereocenters. The lowest BCUT2D eigenvalue weighted by molar-refractivity contribution is -0.141. The molecule has 1 aromatic heterocycles. The molecule has 3 aromatic rings. The molecule has 0 aliphatic rings. The smallest absolute Gasteiger partial charge is 0.307 e. The van der Waals surface area contributed by atoms with Crippen LogP contribution in [0, 0.1) is 0 Å². The fourth-order valence-corrected chi connectivity index (χ4v) is 3.32. The van der Waals surface area contributed by atoms with E-state index in [2.05, 4.69) is 10.3 Å². The van der Waals surface area contributed by atoms with Crippen molar-refractivity contribution < 1.29 is 14.3 Å². The summed E-state index contributed by atoms with van der Waals surface area (Å²) in [6.07, 6.45) is 0.0575. The third kappa shape index (κ3) is 4.34. The summed E-state index contributed by atoms with van der Waals surface area (Å²) in [5.74, 6) is -0.705. The fraction of sp³-hybridized carbons (Fsp3) is 0.150. The van der Waals surface area contributed by atoms with E-state index in [1.165, 1.54) is 18.4 Å². The number of methoxy groups -OCH3 is 1. The molecule has 3 rings (SSSR count). The van der Waals surface area contributed by atoms with Gasteiger partial charge in [-0.1, -0.05) is 60.7 Å². The van der Waals surface area contributed by atoms with E-state index in [0.717, 1.165) is 16.1 Å². The van der Waals surface area contributed by atoms with E-state index in [0.29, 0.717) is 5.69 Å². The molecular formula is C20H18N2O3S. The van der Waals surface area contributed by atoms with Gasteiger partial charge < -0.3 is 10.1 Å². The molecule has 1 amide bonds. The van der Waals surface area contributed by atoms with Crippen molar-refractivity contribution in [1.82, 2.24) is 10.3 Å². The Bertz CT molecular complexity index is 878. The number of carbonyl (C=O) groups excluding carboxylic acids is 2. The minimum atomic E-state index is -0.474. The van der Waals surface area contributed by atoms with Gasteiger partial charge in [0, 0.05) is 10.9 Å². The Morgan fingerprint density at radius 1 is 1.08 bits per heavy atom. The zero-order valence-corrected chi connectivity index (χ0v) is 15.0. The first kappa shape index (κ1) is 17.8. The summed E-state index contributed by atoms with van der Waals surface area (Å²) >= 11 is 1.41. The van der Waals surface area contributed by atoms with Crippen LogP contribution in [0.1, 0.15) is 28.5 Å². The molecule has 0 aliphatic carbocycles. The van der Waals surface area contributed by atoms with Gasteiger partial charge in [-0.05, 0) is 5.56 Å². The van der Waals surface area contributed by atoms with E-state index >= 15 is 0 Å². The van der Waals surface area contributed by atoms with Crippen molar-refractivity contribution in [3.63, 3.8) is 0 Å². The van der Waals surface area contributed by atoms with Gasteiger partial charge >= 0.3 is 5.97 Å². The summed E-state index contributed by atoms with van der Waals surface area (Å²) in [5, 5.41) is 5.38. The normalized spacial score (nSPS) is 11.6. The maximum Gasteiger partial charge on any atom is 0.307 e. The number of nitrogens with zero attached hydrogens (tertiary/aromatic N) is 1. The van der Waals surface area contributed by atoms with E-state index in [1.807, 2.05) is 60.7 Å². The molecule has 0 spiro atoms. The molecule has 0 fully saturated rings. The predicted molar refractivity (Wildman–Crippen MR) is 101 cm³/mol. The number of aromatic nitrogens is 1. The van der Waals surface area contributed by atoms with E-state index in [9.17, 15) is 9.59 Å². The number of carbonyl (C=O) groups is 2. The number of thiazole rings is 1. The number of hydrogen-bond acceptors (Lipinski definition) is 5. The van der Waals surface area contributed by atoms with Crippen LogP contribution in [0.5, 0.6) is 0 Å². The lowest BCUT2D eigenvalue weighted by Gasteiger charge is -2.17. The van der Waals surface area contributed by atoms with Crippen molar-refractivity contribution in [2.24, 2.45) is 0 Å². The molecular weight excluding hydrogens is 348 g/mol. The lowest BCUT2D eigenvalue weighted by atomic mass is 10.0. The van der Waals surface area contributed by atoms with Gasteiger partial charge in [0.05, 0.1) is 19.6 Å². The Kier molecular flexibility index (Phi) is 5.76. The zero-order valence-electron chi connectivity index (χ0n) is 14.2. The van der Waals surface area contributed by atoms with Crippen LogP contribution in [0.15, 0.2) is 66.0 Å². The highest BCUT2D eigenvalue weighted by atomic mass is 32.1. The van der Waals surface area contributed by atoms with Crippen LogP contribution in [0.4, 0.5) is 0 Å². The molecule has 2 aromatic carbocycles. The highest BCUT2D eigenvalue weighted by Crippen LogP contribution is 2.24. The molecule has 0 saturated carbocycles. The standard InChI is InChI=1S/C20H18N2O3S/c1-25-18(23)12-16(14-8-4-2-5-9-14)21-19(24)17-13-26-20(22-17)15-10-6-3-7-11-15/h2-11,13,16H,12H2,1H3,(H,21,24). The molecule has 5 nitrogen and oxygen atoms in total. The minimum absolute atomic E-state index is 0.0575. The number of rotatable bonds is 6. The van der Waals surface area contributed by atoms with Gasteiger partial charge in [0.25, 0.3) is 5.91 Å². The third-order valence-corrected chi connectivity index (χ3v) is 4.75. The average molecular weight is 366 g/mol. The van der Waals surface area contributed by atoms with Crippen LogP contribution in [-0.2, 0) is 9.53 Å². The monoisotopic (exact) mass is 366 g/mol. The third-order valence-electron chi connectivity index (χ3n) is 3.86. The van der Waals surface area contributed by atoms with Crippen LogP contribution >= 0.6 is 11.3 Å². The van der Waals surface area contributed by atoms with Gasteiger partial charge in [-0.3, -0.25) is 9.59 Å². The molecule has 0 bridgehead atoms. The summed E-state index contributed by atoms with van der Waals surface area (Å²) in [7, 11) is 1.33. The van der Waals surface area contributed by atoms with Crippen LogP contribution in [-0.4, -0.2) is 24.0 Å². The van der Waals surface area contributed by atoms with Crippen molar-refractivity contribution in [2.75, 3.05) is 7.11 Å². The quantitative estimate of drug-likeness (QED) is 0.673. The fourth-order valence-electron chi connectivity index (χ4n) is 2.51. The summed E-state index contributed by atoms with van der Waals surface area (Å²) in [5.41, 5.74) is 2.13. The minimum Gasteiger partial charge on any atom is -0.469 e. The SMILES string of the molecule is COC(=O)CC(NC(=O)c1csc(-c2ccccc2)n1)c1ccccc1. The van der Waals surface area contributed by atoms with E-state index in [-0.39, 0.29) is 18.3 Å². The highest BCUT2D eigenvalue weighted by Gasteiger charge is 2.21. The second kappa shape index (κ2) is 8.40. The molecule has 26 heavy (non-hydrogen) atoms. The average Bonchev–Trinajstić information content (AvgIpc) is 3.19. The Hall–Kier alpha value is -2.99. The molecule has 1 atom stereocenters. The van der Waals surface area contributed by atoms with E-state index in [1.54, 1.807) is 5.38 Å². The molecule has 0 saturated heterocycles. The number of hydrogen-bond donors (Lipinski definition) is 1. The van der Waals surface area contributed by atoms with Gasteiger partial charge in [-0.15, -0.1) is 11.3 Å². The first-order chi connectivity index (χ1) is 12.7. The van der Waals surface area contributed by atoms with Crippen LogP contribution in [0.2, 0.25) is 0 Å². The molecule has 6 heteroatoms. The Morgan fingerprint density at radius 3 is 2.38 bits per heavy atom. The number of benzene rings is 2.